The summed E-state index contributed by atoms with van der Waals surface area (Å²) in [6.45, 7) is 4.93. The van der Waals surface area contributed by atoms with Gasteiger partial charge in [0.1, 0.15) is 0 Å². The third kappa shape index (κ3) is 5.13. The Kier molecular flexibility index (Phi) is 6.15. The van der Waals surface area contributed by atoms with Crippen molar-refractivity contribution in [2.45, 2.75) is 25.7 Å². The molecule has 1 aliphatic rings. The van der Waals surface area contributed by atoms with Gasteiger partial charge in [-0.25, -0.2) is 0 Å². The summed E-state index contributed by atoms with van der Waals surface area (Å²) in [5, 5.41) is 4.14. The standard InChI is InChI=1S/C16H25ClN2/c1-18-13-15-7-10-19(11-8-15)9-3-5-14-4-2-6-16(17)12-14/h2,4,6,12,15,18H,3,5,7-11,13H2,1H3. The van der Waals surface area contributed by atoms with E-state index in [1.807, 2.05) is 12.1 Å². The quantitative estimate of drug-likeness (QED) is 0.861. The zero-order valence-corrected chi connectivity index (χ0v) is 12.6. The highest BCUT2D eigenvalue weighted by atomic mass is 35.5. The van der Waals surface area contributed by atoms with Gasteiger partial charge in [0.2, 0.25) is 0 Å². The predicted octanol–water partition coefficient (Wildman–Crippen LogP) is 3.20. The molecule has 19 heavy (non-hydrogen) atoms. The maximum absolute atomic E-state index is 6.00. The maximum atomic E-state index is 6.00. The molecule has 0 atom stereocenters. The minimum atomic E-state index is 0.852. The van der Waals surface area contributed by atoms with Gasteiger partial charge < -0.3 is 10.2 Å². The van der Waals surface area contributed by atoms with Crippen LogP contribution >= 0.6 is 11.6 Å². The molecule has 1 aromatic carbocycles. The molecule has 0 radical (unpaired) electrons. The van der Waals surface area contributed by atoms with Gasteiger partial charge in [0.25, 0.3) is 0 Å². The summed E-state index contributed by atoms with van der Waals surface area (Å²) < 4.78 is 0. The number of nitrogens with zero attached hydrogens (tertiary/aromatic N) is 1. The monoisotopic (exact) mass is 280 g/mol. The maximum Gasteiger partial charge on any atom is 0.0408 e. The summed E-state index contributed by atoms with van der Waals surface area (Å²) in [5.74, 6) is 0.883. The average Bonchev–Trinajstić information content (AvgIpc) is 2.41. The highest BCUT2D eigenvalue weighted by Gasteiger charge is 2.17. The van der Waals surface area contributed by atoms with Crippen molar-refractivity contribution in [2.75, 3.05) is 33.2 Å². The van der Waals surface area contributed by atoms with Crippen molar-refractivity contribution in [2.24, 2.45) is 5.92 Å². The smallest absolute Gasteiger partial charge is 0.0408 e. The zero-order valence-electron chi connectivity index (χ0n) is 11.9. The van der Waals surface area contributed by atoms with Gasteiger partial charge >= 0.3 is 0 Å². The average molecular weight is 281 g/mol. The molecule has 2 rings (SSSR count). The largest absolute Gasteiger partial charge is 0.319 e. The van der Waals surface area contributed by atoms with Gasteiger partial charge in [-0.2, -0.15) is 0 Å². The lowest BCUT2D eigenvalue weighted by molar-refractivity contribution is 0.182. The Bertz CT molecular complexity index is 373. The molecular weight excluding hydrogens is 256 g/mol. The number of likely N-dealkylation sites (tertiary alicyclic amines) is 1. The first-order valence-corrected chi connectivity index (χ1v) is 7.77. The van der Waals surface area contributed by atoms with Crippen LogP contribution in [0.25, 0.3) is 0 Å². The highest BCUT2D eigenvalue weighted by Crippen LogP contribution is 2.17. The summed E-state index contributed by atoms with van der Waals surface area (Å²) in [7, 11) is 2.05. The van der Waals surface area contributed by atoms with E-state index in [1.165, 1.54) is 51.0 Å². The normalized spacial score (nSPS) is 17.8. The van der Waals surface area contributed by atoms with E-state index in [0.29, 0.717) is 0 Å². The molecule has 2 nitrogen and oxygen atoms in total. The second-order valence-electron chi connectivity index (χ2n) is 5.58. The molecule has 1 fully saturated rings. The molecule has 0 aromatic heterocycles. The van der Waals surface area contributed by atoms with Crippen LogP contribution in [0.3, 0.4) is 0 Å². The van der Waals surface area contributed by atoms with Gasteiger partial charge in [-0.3, -0.25) is 0 Å². The Labute approximate surface area is 122 Å². The third-order valence-corrected chi connectivity index (χ3v) is 4.26. The third-order valence-electron chi connectivity index (χ3n) is 4.03. The number of aryl methyl sites for hydroxylation is 1. The van der Waals surface area contributed by atoms with Gasteiger partial charge in [-0.05, 0) is 82.5 Å². The Hall–Kier alpha value is -0.570. The number of hydrogen-bond donors (Lipinski definition) is 1. The first kappa shape index (κ1) is 14.8. The lowest BCUT2D eigenvalue weighted by Crippen LogP contribution is -2.37. The molecule has 0 saturated carbocycles. The first-order chi connectivity index (χ1) is 9.28. The minimum Gasteiger partial charge on any atom is -0.319 e. The van der Waals surface area contributed by atoms with Crippen LogP contribution < -0.4 is 5.32 Å². The number of piperidine rings is 1. The van der Waals surface area contributed by atoms with Gasteiger partial charge in [0.05, 0.1) is 0 Å². The Morgan fingerprint density at radius 3 is 2.79 bits per heavy atom. The number of rotatable bonds is 6. The van der Waals surface area contributed by atoms with E-state index >= 15 is 0 Å². The van der Waals surface area contributed by atoms with E-state index < -0.39 is 0 Å². The van der Waals surface area contributed by atoms with Crippen molar-refractivity contribution in [3.63, 3.8) is 0 Å². The van der Waals surface area contributed by atoms with Gasteiger partial charge in [-0.1, -0.05) is 23.7 Å². The van der Waals surface area contributed by atoms with Crippen molar-refractivity contribution in [1.82, 2.24) is 10.2 Å². The molecule has 0 unspecified atom stereocenters. The summed E-state index contributed by atoms with van der Waals surface area (Å²) in [6.07, 6.45) is 5.06. The summed E-state index contributed by atoms with van der Waals surface area (Å²) in [5.41, 5.74) is 1.36. The van der Waals surface area contributed by atoms with E-state index in [0.717, 1.165) is 17.4 Å². The van der Waals surface area contributed by atoms with Crippen LogP contribution in [0.4, 0.5) is 0 Å². The van der Waals surface area contributed by atoms with Crippen LogP contribution in [-0.2, 0) is 6.42 Å². The van der Waals surface area contributed by atoms with Crippen LogP contribution in [0, 0.1) is 5.92 Å². The second-order valence-corrected chi connectivity index (χ2v) is 6.01. The molecule has 0 spiro atoms. The topological polar surface area (TPSA) is 15.3 Å². The van der Waals surface area contributed by atoms with Crippen molar-refractivity contribution in [1.29, 1.82) is 0 Å². The molecule has 1 aliphatic heterocycles. The van der Waals surface area contributed by atoms with Crippen LogP contribution in [0.2, 0.25) is 5.02 Å². The predicted molar refractivity (Wildman–Crippen MR) is 82.9 cm³/mol. The molecule has 0 aliphatic carbocycles. The molecule has 0 amide bonds. The Morgan fingerprint density at radius 2 is 2.11 bits per heavy atom. The second kappa shape index (κ2) is 7.88. The summed E-state index contributed by atoms with van der Waals surface area (Å²) in [6, 6.07) is 8.24. The fourth-order valence-corrected chi connectivity index (χ4v) is 3.11. The fourth-order valence-electron chi connectivity index (χ4n) is 2.90. The first-order valence-electron chi connectivity index (χ1n) is 7.39. The van der Waals surface area contributed by atoms with Crippen molar-refractivity contribution >= 4 is 11.6 Å². The van der Waals surface area contributed by atoms with Crippen LogP contribution in [-0.4, -0.2) is 38.1 Å². The van der Waals surface area contributed by atoms with Crippen LogP contribution in [0.5, 0.6) is 0 Å². The van der Waals surface area contributed by atoms with E-state index in [4.69, 9.17) is 11.6 Å². The Balaban J connectivity index is 1.64. The molecule has 1 aromatic rings. The zero-order chi connectivity index (χ0) is 13.5. The Morgan fingerprint density at radius 1 is 1.32 bits per heavy atom. The molecule has 1 N–H and O–H groups in total. The van der Waals surface area contributed by atoms with Gasteiger partial charge in [-0.15, -0.1) is 0 Å². The number of hydrogen-bond acceptors (Lipinski definition) is 2. The lowest BCUT2D eigenvalue weighted by atomic mass is 9.96. The van der Waals surface area contributed by atoms with Crippen molar-refractivity contribution in [3.05, 3.63) is 34.9 Å². The van der Waals surface area contributed by atoms with E-state index in [-0.39, 0.29) is 0 Å². The summed E-state index contributed by atoms with van der Waals surface area (Å²) >= 11 is 6.00. The number of nitrogens with one attached hydrogen (secondary N) is 1. The molecule has 106 valence electrons. The number of benzene rings is 1. The van der Waals surface area contributed by atoms with Gasteiger partial charge in [0, 0.05) is 5.02 Å². The number of halogens is 1. The van der Waals surface area contributed by atoms with Gasteiger partial charge in [0.15, 0.2) is 0 Å². The van der Waals surface area contributed by atoms with Crippen LogP contribution in [0.15, 0.2) is 24.3 Å². The minimum absolute atomic E-state index is 0.852. The van der Waals surface area contributed by atoms with E-state index in [9.17, 15) is 0 Å². The highest BCUT2D eigenvalue weighted by molar-refractivity contribution is 6.30. The van der Waals surface area contributed by atoms with Crippen molar-refractivity contribution < 1.29 is 0 Å². The molecule has 1 heterocycles. The van der Waals surface area contributed by atoms with E-state index in [1.54, 1.807) is 0 Å². The van der Waals surface area contributed by atoms with E-state index in [2.05, 4.69) is 29.4 Å². The van der Waals surface area contributed by atoms with Crippen molar-refractivity contribution in [3.8, 4) is 0 Å². The molecular formula is C16H25ClN2. The lowest BCUT2D eigenvalue weighted by Gasteiger charge is -2.31. The summed E-state index contributed by atoms with van der Waals surface area (Å²) in [4.78, 5) is 2.61. The SMILES string of the molecule is CNCC1CCN(CCCc2cccc(Cl)c2)CC1. The molecule has 3 heteroatoms. The van der Waals surface area contributed by atoms with Crippen LogP contribution in [0.1, 0.15) is 24.8 Å². The molecule has 1 saturated heterocycles. The molecule has 0 bridgehead atoms. The fraction of sp³-hybridized carbons (Fsp3) is 0.625.